The number of carbonyl (C=O) groups excluding carboxylic acids is 4. The van der Waals surface area contributed by atoms with Crippen LogP contribution in [0.3, 0.4) is 0 Å². The van der Waals surface area contributed by atoms with Gasteiger partial charge in [-0.3, -0.25) is 19.2 Å². The van der Waals surface area contributed by atoms with Gasteiger partial charge in [-0.25, -0.2) is 0 Å². The van der Waals surface area contributed by atoms with Gasteiger partial charge < -0.3 is 15.5 Å². The first kappa shape index (κ1) is 22.2. The number of carbonyl (C=O) groups is 4. The average Bonchev–Trinajstić information content (AvgIpc) is 3.78. The Kier molecular flexibility index (Phi) is 4.18. The van der Waals surface area contributed by atoms with E-state index in [0.29, 0.717) is 24.9 Å². The van der Waals surface area contributed by atoms with E-state index >= 15 is 0 Å². The highest BCUT2D eigenvalue weighted by molar-refractivity contribution is 6.10. The van der Waals surface area contributed by atoms with E-state index in [0.717, 1.165) is 46.5 Å². The molecule has 2 spiro atoms. The third kappa shape index (κ3) is 2.62. The van der Waals surface area contributed by atoms with Crippen molar-refractivity contribution >= 4 is 23.4 Å². The SMILES string of the molecule is N[C@@H](CCC(=O)N1CC2CC23C1=CC(=O)c1ccccc13)C(=O)N1CC2CC23C1=CC(=O)c1ccccc13. The van der Waals surface area contributed by atoms with Crippen molar-refractivity contribution in [2.75, 3.05) is 13.1 Å². The Morgan fingerprint density at radius 2 is 1.32 bits per heavy atom. The van der Waals surface area contributed by atoms with Gasteiger partial charge in [0.15, 0.2) is 11.6 Å². The number of fused-ring (bicyclic) bond motifs is 2. The second kappa shape index (κ2) is 7.17. The molecule has 4 aliphatic carbocycles. The maximum absolute atomic E-state index is 13.4. The monoisotopic (exact) mass is 505 g/mol. The largest absolute Gasteiger partial charge is 0.320 e. The molecule has 2 saturated carbocycles. The first-order valence-corrected chi connectivity index (χ1v) is 13.5. The highest BCUT2D eigenvalue weighted by Gasteiger charge is 2.68. The maximum Gasteiger partial charge on any atom is 0.243 e. The molecule has 2 aromatic rings. The van der Waals surface area contributed by atoms with Crippen LogP contribution in [0.1, 0.15) is 57.5 Å². The molecule has 8 rings (SSSR count). The predicted molar refractivity (Wildman–Crippen MR) is 138 cm³/mol. The van der Waals surface area contributed by atoms with Crippen LogP contribution in [-0.2, 0) is 20.4 Å². The molecule has 2 aromatic carbocycles. The smallest absolute Gasteiger partial charge is 0.243 e. The Hall–Kier alpha value is -3.84. The molecule has 4 unspecified atom stereocenters. The van der Waals surface area contributed by atoms with E-state index in [4.69, 9.17) is 5.73 Å². The third-order valence-electron chi connectivity index (χ3n) is 9.95. The topological polar surface area (TPSA) is 101 Å². The number of likely N-dealkylation sites (tertiary alicyclic amines) is 2. The van der Waals surface area contributed by atoms with Crippen molar-refractivity contribution in [3.8, 4) is 0 Å². The van der Waals surface area contributed by atoms with E-state index < -0.39 is 6.04 Å². The van der Waals surface area contributed by atoms with Crippen LogP contribution in [0, 0.1) is 11.8 Å². The number of hydrogen-bond donors (Lipinski definition) is 1. The lowest BCUT2D eigenvalue weighted by atomic mass is 9.81. The van der Waals surface area contributed by atoms with Crippen LogP contribution in [-0.4, -0.2) is 52.3 Å². The molecule has 6 aliphatic rings. The van der Waals surface area contributed by atoms with E-state index in [-0.39, 0.29) is 47.1 Å². The van der Waals surface area contributed by atoms with Crippen molar-refractivity contribution in [3.63, 3.8) is 0 Å². The summed E-state index contributed by atoms with van der Waals surface area (Å²) in [5, 5.41) is 0. The highest BCUT2D eigenvalue weighted by Crippen LogP contribution is 2.67. The van der Waals surface area contributed by atoms with E-state index in [1.54, 1.807) is 22.0 Å². The summed E-state index contributed by atoms with van der Waals surface area (Å²) in [4.78, 5) is 55.8. The fourth-order valence-electron chi connectivity index (χ4n) is 7.96. The molecule has 5 atom stereocenters. The second-order valence-electron chi connectivity index (χ2n) is 11.7. The second-order valence-corrected chi connectivity index (χ2v) is 11.7. The maximum atomic E-state index is 13.4. The van der Waals surface area contributed by atoms with E-state index in [2.05, 4.69) is 0 Å². The Labute approximate surface area is 220 Å². The zero-order chi connectivity index (χ0) is 26.0. The molecular weight excluding hydrogens is 478 g/mol. The Morgan fingerprint density at radius 3 is 1.89 bits per heavy atom. The summed E-state index contributed by atoms with van der Waals surface area (Å²) in [6.45, 7) is 1.15. The van der Waals surface area contributed by atoms with Crippen LogP contribution in [0.4, 0.5) is 0 Å². The molecule has 38 heavy (non-hydrogen) atoms. The van der Waals surface area contributed by atoms with Crippen LogP contribution in [0.15, 0.2) is 72.1 Å². The van der Waals surface area contributed by atoms with E-state index in [1.165, 1.54) is 0 Å². The summed E-state index contributed by atoms with van der Waals surface area (Å²) in [5.41, 5.74) is 11.0. The summed E-state index contributed by atoms with van der Waals surface area (Å²) in [6.07, 6.45) is 5.50. The fourth-order valence-corrected chi connectivity index (χ4v) is 7.96. The standard InChI is InChI=1S/C31H27N3O4/c32-23(29(38)34-16-18-14-31(18)22-8-4-2-6-20(22)25(36)12-27(31)34)9-10-28(37)33-15-17-13-30(17)21-7-3-1-5-19(21)24(35)11-26(30)33/h1-8,11-12,17-18,23H,9-10,13-16,32H2/t17?,18?,23-,30?,31?/m0/s1. The Bertz CT molecular complexity index is 1570. The number of nitrogens with zero attached hydrogens (tertiary/aromatic N) is 2. The molecule has 2 N–H and O–H groups in total. The van der Waals surface area contributed by atoms with Gasteiger partial charge in [0.05, 0.1) is 6.04 Å². The minimum Gasteiger partial charge on any atom is -0.320 e. The van der Waals surface area contributed by atoms with E-state index in [9.17, 15) is 19.2 Å². The van der Waals surface area contributed by atoms with Gasteiger partial charge in [-0.15, -0.1) is 0 Å². The number of hydrogen-bond acceptors (Lipinski definition) is 5. The molecule has 2 saturated heterocycles. The van der Waals surface area contributed by atoms with Gasteiger partial charge in [-0.2, -0.15) is 0 Å². The molecule has 0 bridgehead atoms. The van der Waals surface area contributed by atoms with Gasteiger partial charge >= 0.3 is 0 Å². The van der Waals surface area contributed by atoms with Crippen molar-refractivity contribution in [2.45, 2.75) is 42.6 Å². The first-order chi connectivity index (χ1) is 18.4. The molecule has 7 heteroatoms. The lowest BCUT2D eigenvalue weighted by Crippen LogP contribution is -2.44. The number of allylic oxidation sites excluding steroid dienone is 4. The van der Waals surface area contributed by atoms with Gasteiger partial charge in [-0.1, -0.05) is 48.5 Å². The minimum absolute atomic E-state index is 0.0585. The molecular formula is C31H27N3O4. The summed E-state index contributed by atoms with van der Waals surface area (Å²) < 4.78 is 0. The molecule has 190 valence electrons. The van der Waals surface area contributed by atoms with Crippen molar-refractivity contribution in [3.05, 3.63) is 94.3 Å². The van der Waals surface area contributed by atoms with Crippen molar-refractivity contribution < 1.29 is 19.2 Å². The molecule has 2 heterocycles. The average molecular weight is 506 g/mol. The van der Waals surface area contributed by atoms with E-state index in [1.807, 2.05) is 48.5 Å². The minimum atomic E-state index is -0.838. The Balaban J connectivity index is 0.977. The number of nitrogens with two attached hydrogens (primary N) is 1. The number of piperidine rings is 2. The van der Waals surface area contributed by atoms with Gasteiger partial charge in [0.2, 0.25) is 11.8 Å². The number of amides is 2. The predicted octanol–water partition coefficient (Wildman–Crippen LogP) is 2.85. The number of benzene rings is 2. The summed E-state index contributed by atoms with van der Waals surface area (Å²) in [7, 11) is 0. The van der Waals surface area contributed by atoms with Crippen LogP contribution in [0.5, 0.6) is 0 Å². The summed E-state index contributed by atoms with van der Waals surface area (Å²) in [5.74, 6) is 0.162. The summed E-state index contributed by atoms with van der Waals surface area (Å²) >= 11 is 0. The normalized spacial score (nSPS) is 31.7. The lowest BCUT2D eigenvalue weighted by molar-refractivity contribution is -0.131. The molecule has 4 fully saturated rings. The molecule has 7 nitrogen and oxygen atoms in total. The quantitative estimate of drug-likeness (QED) is 0.689. The van der Waals surface area contributed by atoms with Crippen LogP contribution in [0.2, 0.25) is 0 Å². The zero-order valence-electron chi connectivity index (χ0n) is 20.9. The van der Waals surface area contributed by atoms with Crippen LogP contribution < -0.4 is 5.73 Å². The molecule has 0 radical (unpaired) electrons. The lowest BCUT2D eigenvalue weighted by Gasteiger charge is -2.31. The first-order valence-electron chi connectivity index (χ1n) is 13.5. The number of ketones is 2. The fraction of sp³-hybridized carbons (Fsp3) is 0.355. The van der Waals surface area contributed by atoms with Gasteiger partial charge in [0, 0.05) is 65.0 Å². The molecule has 2 amide bonds. The van der Waals surface area contributed by atoms with Crippen molar-refractivity contribution in [1.82, 2.24) is 9.80 Å². The van der Waals surface area contributed by atoms with Gasteiger partial charge in [0.1, 0.15) is 0 Å². The molecule has 2 aliphatic heterocycles. The Morgan fingerprint density at radius 1 is 0.816 bits per heavy atom. The molecule has 0 aromatic heterocycles. The van der Waals surface area contributed by atoms with Crippen LogP contribution in [0.25, 0.3) is 0 Å². The van der Waals surface area contributed by atoms with Crippen LogP contribution >= 0.6 is 0 Å². The van der Waals surface area contributed by atoms with Crippen molar-refractivity contribution in [2.24, 2.45) is 17.6 Å². The highest BCUT2D eigenvalue weighted by atomic mass is 16.2. The van der Waals surface area contributed by atoms with Gasteiger partial charge in [0.25, 0.3) is 0 Å². The summed E-state index contributed by atoms with van der Waals surface area (Å²) in [6, 6.07) is 14.6. The van der Waals surface area contributed by atoms with Crippen molar-refractivity contribution in [1.29, 1.82) is 0 Å². The number of rotatable bonds is 4. The third-order valence-corrected chi connectivity index (χ3v) is 9.95. The van der Waals surface area contributed by atoms with Gasteiger partial charge in [-0.05, 0) is 42.2 Å². The zero-order valence-corrected chi connectivity index (χ0v) is 20.9.